The molecule has 0 bridgehead atoms. The Bertz CT molecular complexity index is 781. The van der Waals surface area contributed by atoms with Crippen LogP contribution in [-0.4, -0.2) is 53.0 Å². The number of halogens is 4. The van der Waals surface area contributed by atoms with Gasteiger partial charge in [0, 0.05) is 19.0 Å². The molecule has 166 valence electrons. The fourth-order valence-electron chi connectivity index (χ4n) is 4.20. The lowest BCUT2D eigenvalue weighted by Gasteiger charge is -2.46. The Morgan fingerprint density at radius 3 is 2.53 bits per heavy atom. The second-order valence-corrected chi connectivity index (χ2v) is 8.06. The summed E-state index contributed by atoms with van der Waals surface area (Å²) < 4.78 is 44.9. The summed E-state index contributed by atoms with van der Waals surface area (Å²) in [4.78, 5) is 15.0. The van der Waals surface area contributed by atoms with E-state index in [1.165, 1.54) is 11.1 Å². The lowest BCUT2D eigenvalue weighted by molar-refractivity contribution is -0.137. The van der Waals surface area contributed by atoms with Crippen LogP contribution >= 0.6 is 11.6 Å². The standard InChI is InChI=1S/C21H27ClF3N3O2/c1-3-16-17(22)18(14-9-8-10-15(13-14)21(23,24)25)26-28(20(29)30-4-2)19(16)27-11-6-5-7-12-27/h8-10,13,16-17,19H,3-7,11-12H2,1-2H3/t16-,17-,19-/m1/s1. The normalized spacial score (nSPS) is 25.7. The van der Waals surface area contributed by atoms with Gasteiger partial charge >= 0.3 is 12.3 Å². The molecule has 0 radical (unpaired) electrons. The SMILES string of the molecule is CCOC(=O)N1N=C(c2cccc(C(F)(F)F)c2)[C@H](Cl)[C@@H](CC)[C@@H]1N1CCCCC1. The Hall–Kier alpha value is -1.80. The van der Waals surface area contributed by atoms with E-state index < -0.39 is 23.2 Å². The summed E-state index contributed by atoms with van der Waals surface area (Å²) in [5, 5.41) is 5.12. The topological polar surface area (TPSA) is 45.1 Å². The van der Waals surface area contributed by atoms with Gasteiger partial charge in [0.25, 0.3) is 0 Å². The van der Waals surface area contributed by atoms with Crippen LogP contribution in [0.2, 0.25) is 0 Å². The van der Waals surface area contributed by atoms with Crippen LogP contribution in [0.25, 0.3) is 0 Å². The number of likely N-dealkylation sites (tertiary alicyclic amines) is 1. The van der Waals surface area contributed by atoms with Crippen LogP contribution in [0.1, 0.15) is 50.7 Å². The van der Waals surface area contributed by atoms with Gasteiger partial charge < -0.3 is 4.74 Å². The van der Waals surface area contributed by atoms with Crippen LogP contribution in [0.4, 0.5) is 18.0 Å². The van der Waals surface area contributed by atoms with Crippen LogP contribution in [0.5, 0.6) is 0 Å². The van der Waals surface area contributed by atoms with Crippen LogP contribution in [0.3, 0.4) is 0 Å². The van der Waals surface area contributed by atoms with Crippen molar-refractivity contribution in [1.82, 2.24) is 9.91 Å². The average molecular weight is 446 g/mol. The van der Waals surface area contributed by atoms with Gasteiger partial charge in [0.1, 0.15) is 6.17 Å². The summed E-state index contributed by atoms with van der Waals surface area (Å²) in [5.41, 5.74) is -0.258. The van der Waals surface area contributed by atoms with E-state index in [-0.39, 0.29) is 30.0 Å². The lowest BCUT2D eigenvalue weighted by atomic mass is 9.88. The summed E-state index contributed by atoms with van der Waals surface area (Å²) in [6.45, 7) is 5.48. The van der Waals surface area contributed by atoms with Crippen molar-refractivity contribution in [2.24, 2.45) is 11.0 Å². The van der Waals surface area contributed by atoms with Crippen molar-refractivity contribution in [1.29, 1.82) is 0 Å². The van der Waals surface area contributed by atoms with Crippen LogP contribution in [-0.2, 0) is 10.9 Å². The molecular formula is C21H27ClF3N3O2. The molecule has 0 N–H and O–H groups in total. The molecule has 1 fully saturated rings. The molecule has 1 aromatic carbocycles. The Morgan fingerprint density at radius 2 is 1.93 bits per heavy atom. The van der Waals surface area contributed by atoms with Crippen molar-refractivity contribution in [3.63, 3.8) is 0 Å². The van der Waals surface area contributed by atoms with Crippen molar-refractivity contribution in [2.45, 2.75) is 57.2 Å². The third kappa shape index (κ3) is 4.75. The Balaban J connectivity index is 2.06. The van der Waals surface area contributed by atoms with Gasteiger partial charge in [-0.25, -0.2) is 4.79 Å². The first-order chi connectivity index (χ1) is 14.3. The zero-order valence-electron chi connectivity index (χ0n) is 17.2. The second kappa shape index (κ2) is 9.56. The fraction of sp³-hybridized carbons (Fsp3) is 0.619. The molecule has 0 unspecified atom stereocenters. The lowest BCUT2D eigenvalue weighted by Crippen LogP contribution is -2.59. The maximum Gasteiger partial charge on any atom is 0.431 e. The number of carbonyl (C=O) groups excluding carboxylic acids is 1. The Kier molecular flexibility index (Phi) is 7.29. The molecule has 2 aliphatic rings. The van der Waals surface area contributed by atoms with Crippen molar-refractivity contribution in [3.8, 4) is 0 Å². The number of hydrogen-bond acceptors (Lipinski definition) is 4. The number of benzene rings is 1. The van der Waals surface area contributed by atoms with Gasteiger partial charge in [-0.1, -0.05) is 25.5 Å². The van der Waals surface area contributed by atoms with Gasteiger partial charge in [-0.15, -0.1) is 11.6 Å². The molecule has 3 rings (SSSR count). The molecule has 2 aliphatic heterocycles. The molecule has 9 heteroatoms. The van der Waals surface area contributed by atoms with Gasteiger partial charge in [0.2, 0.25) is 0 Å². The summed E-state index contributed by atoms with van der Waals surface area (Å²) in [5.74, 6) is -0.198. The molecule has 2 heterocycles. The first-order valence-electron chi connectivity index (χ1n) is 10.4. The van der Waals surface area contributed by atoms with E-state index in [4.69, 9.17) is 16.3 Å². The molecule has 30 heavy (non-hydrogen) atoms. The van der Waals surface area contributed by atoms with Crippen LogP contribution < -0.4 is 0 Å². The van der Waals surface area contributed by atoms with E-state index in [9.17, 15) is 18.0 Å². The third-order valence-electron chi connectivity index (χ3n) is 5.66. The highest BCUT2D eigenvalue weighted by molar-refractivity contribution is 6.35. The number of ether oxygens (including phenoxy) is 1. The van der Waals surface area contributed by atoms with Crippen LogP contribution in [0, 0.1) is 5.92 Å². The zero-order valence-corrected chi connectivity index (χ0v) is 17.9. The minimum Gasteiger partial charge on any atom is -0.448 e. The maximum absolute atomic E-state index is 13.2. The molecule has 0 saturated carbocycles. The van der Waals surface area contributed by atoms with Crippen LogP contribution in [0.15, 0.2) is 29.4 Å². The highest BCUT2D eigenvalue weighted by Gasteiger charge is 2.45. The first kappa shape index (κ1) is 22.9. The highest BCUT2D eigenvalue weighted by Crippen LogP contribution is 2.36. The van der Waals surface area contributed by atoms with E-state index in [1.54, 1.807) is 13.0 Å². The maximum atomic E-state index is 13.2. The molecule has 0 spiro atoms. The molecule has 0 aromatic heterocycles. The quantitative estimate of drug-likeness (QED) is 0.588. The summed E-state index contributed by atoms with van der Waals surface area (Å²) >= 11 is 6.79. The number of rotatable bonds is 4. The molecule has 1 amide bonds. The molecule has 3 atom stereocenters. The fourth-order valence-corrected chi connectivity index (χ4v) is 4.68. The van der Waals surface area contributed by atoms with E-state index in [0.29, 0.717) is 6.42 Å². The van der Waals surface area contributed by atoms with Gasteiger partial charge in [0.15, 0.2) is 0 Å². The Labute approximate surface area is 179 Å². The van der Waals surface area contributed by atoms with Gasteiger partial charge in [-0.2, -0.15) is 23.3 Å². The molecule has 0 aliphatic carbocycles. The predicted octanol–water partition coefficient (Wildman–Crippen LogP) is 5.33. The number of amides is 1. The molecule has 1 saturated heterocycles. The van der Waals surface area contributed by atoms with Gasteiger partial charge in [0.05, 0.1) is 23.3 Å². The van der Waals surface area contributed by atoms with E-state index >= 15 is 0 Å². The monoisotopic (exact) mass is 445 g/mol. The number of carbonyl (C=O) groups is 1. The number of hydrogen-bond donors (Lipinski definition) is 0. The summed E-state index contributed by atoms with van der Waals surface area (Å²) in [6, 6.07) is 4.91. The molecular weight excluding hydrogens is 419 g/mol. The minimum absolute atomic E-state index is 0.178. The van der Waals surface area contributed by atoms with Gasteiger partial charge in [-0.05, 0) is 43.9 Å². The van der Waals surface area contributed by atoms with E-state index in [1.807, 2.05) is 6.92 Å². The number of piperidine rings is 1. The van der Waals surface area contributed by atoms with E-state index in [2.05, 4.69) is 10.0 Å². The van der Waals surface area contributed by atoms with Crippen molar-refractivity contribution >= 4 is 23.4 Å². The molecule has 5 nitrogen and oxygen atoms in total. The van der Waals surface area contributed by atoms with Crippen molar-refractivity contribution in [3.05, 3.63) is 35.4 Å². The zero-order chi connectivity index (χ0) is 21.9. The van der Waals surface area contributed by atoms with Crippen molar-refractivity contribution in [2.75, 3.05) is 19.7 Å². The minimum atomic E-state index is -4.48. The number of nitrogens with zero attached hydrogens (tertiary/aromatic N) is 3. The summed E-state index contributed by atoms with van der Waals surface area (Å²) in [7, 11) is 0. The number of hydrazone groups is 1. The smallest absolute Gasteiger partial charge is 0.431 e. The Morgan fingerprint density at radius 1 is 1.23 bits per heavy atom. The van der Waals surface area contributed by atoms with E-state index in [0.717, 1.165) is 44.5 Å². The first-order valence-corrected chi connectivity index (χ1v) is 10.8. The second-order valence-electron chi connectivity index (χ2n) is 7.59. The predicted molar refractivity (Wildman–Crippen MR) is 109 cm³/mol. The number of alkyl halides is 4. The summed E-state index contributed by atoms with van der Waals surface area (Å²) in [6.07, 6.45) is -1.67. The average Bonchev–Trinajstić information content (AvgIpc) is 2.73. The van der Waals surface area contributed by atoms with Gasteiger partial charge in [-0.3, -0.25) is 4.90 Å². The largest absolute Gasteiger partial charge is 0.448 e. The molecule has 1 aromatic rings. The highest BCUT2D eigenvalue weighted by atomic mass is 35.5. The third-order valence-corrected chi connectivity index (χ3v) is 6.19. The van der Waals surface area contributed by atoms with Crippen molar-refractivity contribution < 1.29 is 22.7 Å².